The molecule has 13 heavy (non-hydrogen) atoms. The van der Waals surface area contributed by atoms with Gasteiger partial charge in [0, 0.05) is 0 Å². The van der Waals surface area contributed by atoms with Crippen LogP contribution in [0, 0.1) is 0 Å². The Morgan fingerprint density at radius 3 is 2.69 bits per heavy atom. The minimum atomic E-state index is 0.226. The van der Waals surface area contributed by atoms with E-state index < -0.39 is 0 Å². The molecule has 0 N–H and O–H groups in total. The van der Waals surface area contributed by atoms with Crippen LogP contribution in [0.3, 0.4) is 0 Å². The largest absolute Gasteiger partial charge is 0.118 e. The van der Waals surface area contributed by atoms with E-state index in [1.54, 1.807) is 0 Å². The Balaban J connectivity index is 2.55. The average Bonchev–Trinajstić information content (AvgIpc) is 2.13. The number of hydrogen-bond donors (Lipinski definition) is 0. The summed E-state index contributed by atoms with van der Waals surface area (Å²) in [4.78, 5) is 0. The Morgan fingerprint density at radius 2 is 2.00 bits per heavy atom. The van der Waals surface area contributed by atoms with E-state index >= 15 is 0 Å². The van der Waals surface area contributed by atoms with Crippen molar-refractivity contribution in [3.05, 3.63) is 35.4 Å². The van der Waals surface area contributed by atoms with Gasteiger partial charge in [-0.1, -0.05) is 38.1 Å². The SMILES string of the molecule is CC1(C)CC[C@H](Cl)c2ccccc21. The third kappa shape index (κ3) is 1.48. The van der Waals surface area contributed by atoms with Crippen LogP contribution in [-0.2, 0) is 5.41 Å². The standard InChI is InChI=1S/C12H15Cl/c1-12(2)8-7-11(13)9-5-3-4-6-10(9)12/h3-6,11H,7-8H2,1-2H3/t11-/m0/s1. The van der Waals surface area contributed by atoms with Gasteiger partial charge in [0.05, 0.1) is 5.38 Å². The van der Waals surface area contributed by atoms with E-state index in [0.29, 0.717) is 5.41 Å². The van der Waals surface area contributed by atoms with Crippen molar-refractivity contribution in [3.63, 3.8) is 0 Å². The molecule has 0 aromatic heterocycles. The first-order valence-electron chi connectivity index (χ1n) is 4.85. The third-order valence-electron chi connectivity index (χ3n) is 3.05. The van der Waals surface area contributed by atoms with Crippen molar-refractivity contribution in [2.45, 2.75) is 37.5 Å². The molecule has 1 aliphatic rings. The zero-order chi connectivity index (χ0) is 9.47. The van der Waals surface area contributed by atoms with Crippen molar-refractivity contribution in [1.29, 1.82) is 0 Å². The van der Waals surface area contributed by atoms with Gasteiger partial charge in [0.1, 0.15) is 0 Å². The molecule has 1 atom stereocenters. The van der Waals surface area contributed by atoms with Gasteiger partial charge >= 0.3 is 0 Å². The van der Waals surface area contributed by atoms with Crippen molar-refractivity contribution in [2.75, 3.05) is 0 Å². The highest BCUT2D eigenvalue weighted by Crippen LogP contribution is 2.43. The van der Waals surface area contributed by atoms with Crippen LogP contribution in [0.5, 0.6) is 0 Å². The number of benzene rings is 1. The topological polar surface area (TPSA) is 0 Å². The lowest BCUT2D eigenvalue weighted by atomic mass is 9.73. The molecule has 0 bridgehead atoms. The molecule has 1 aliphatic carbocycles. The Hall–Kier alpha value is -0.490. The van der Waals surface area contributed by atoms with Crippen LogP contribution in [0.1, 0.15) is 43.2 Å². The number of hydrogen-bond acceptors (Lipinski definition) is 0. The van der Waals surface area contributed by atoms with Crippen LogP contribution >= 0.6 is 11.6 Å². The number of halogens is 1. The minimum absolute atomic E-state index is 0.226. The van der Waals surface area contributed by atoms with Crippen LogP contribution in [0.2, 0.25) is 0 Å². The zero-order valence-corrected chi connectivity index (χ0v) is 8.93. The maximum Gasteiger partial charge on any atom is 0.0588 e. The molecule has 1 heteroatoms. The Kier molecular flexibility index (Phi) is 2.11. The molecule has 0 spiro atoms. The first-order chi connectivity index (χ1) is 6.11. The highest BCUT2D eigenvalue weighted by atomic mass is 35.5. The summed E-state index contributed by atoms with van der Waals surface area (Å²) in [6.07, 6.45) is 2.30. The Bertz CT molecular complexity index is 315. The molecule has 0 nitrogen and oxygen atoms in total. The summed E-state index contributed by atoms with van der Waals surface area (Å²) >= 11 is 6.27. The minimum Gasteiger partial charge on any atom is -0.118 e. The van der Waals surface area contributed by atoms with Gasteiger partial charge in [0.2, 0.25) is 0 Å². The van der Waals surface area contributed by atoms with Crippen molar-refractivity contribution in [1.82, 2.24) is 0 Å². The number of rotatable bonds is 0. The predicted molar refractivity (Wildman–Crippen MR) is 57.3 cm³/mol. The van der Waals surface area contributed by atoms with Crippen LogP contribution in [0.25, 0.3) is 0 Å². The summed E-state index contributed by atoms with van der Waals surface area (Å²) in [5.74, 6) is 0. The van der Waals surface area contributed by atoms with Gasteiger partial charge in [-0.25, -0.2) is 0 Å². The molecule has 1 aromatic rings. The molecule has 0 fully saturated rings. The first-order valence-corrected chi connectivity index (χ1v) is 5.28. The van der Waals surface area contributed by atoms with Crippen LogP contribution in [0.15, 0.2) is 24.3 Å². The monoisotopic (exact) mass is 194 g/mol. The highest BCUT2D eigenvalue weighted by Gasteiger charge is 2.30. The van der Waals surface area contributed by atoms with Gasteiger partial charge in [0.25, 0.3) is 0 Å². The van der Waals surface area contributed by atoms with Gasteiger partial charge in [-0.2, -0.15) is 0 Å². The Labute approximate surface area is 84.9 Å². The summed E-state index contributed by atoms with van der Waals surface area (Å²) in [6, 6.07) is 8.56. The summed E-state index contributed by atoms with van der Waals surface area (Å²) in [5.41, 5.74) is 3.07. The van der Waals surface area contributed by atoms with E-state index in [4.69, 9.17) is 11.6 Å². The van der Waals surface area contributed by atoms with Crippen molar-refractivity contribution in [3.8, 4) is 0 Å². The second kappa shape index (κ2) is 3.02. The second-order valence-corrected chi connectivity index (χ2v) is 5.00. The molecule has 0 unspecified atom stereocenters. The average molecular weight is 195 g/mol. The first kappa shape index (κ1) is 9.08. The van der Waals surface area contributed by atoms with Gasteiger partial charge in [-0.15, -0.1) is 11.6 Å². The second-order valence-electron chi connectivity index (χ2n) is 4.48. The Morgan fingerprint density at radius 1 is 1.31 bits per heavy atom. The fourth-order valence-corrected chi connectivity index (χ4v) is 2.46. The molecular weight excluding hydrogens is 180 g/mol. The highest BCUT2D eigenvalue weighted by molar-refractivity contribution is 6.21. The molecule has 0 radical (unpaired) electrons. The third-order valence-corrected chi connectivity index (χ3v) is 3.50. The van der Waals surface area contributed by atoms with Gasteiger partial charge in [-0.05, 0) is 29.4 Å². The van der Waals surface area contributed by atoms with Gasteiger partial charge in [0.15, 0.2) is 0 Å². The van der Waals surface area contributed by atoms with E-state index in [9.17, 15) is 0 Å². The van der Waals surface area contributed by atoms with E-state index in [1.807, 2.05) is 0 Å². The maximum absolute atomic E-state index is 6.27. The summed E-state index contributed by atoms with van der Waals surface area (Å²) in [7, 11) is 0. The summed E-state index contributed by atoms with van der Waals surface area (Å²) in [5, 5.41) is 0.226. The van der Waals surface area contributed by atoms with Crippen LogP contribution < -0.4 is 0 Å². The van der Waals surface area contributed by atoms with E-state index in [0.717, 1.165) is 6.42 Å². The van der Waals surface area contributed by atoms with Crippen molar-refractivity contribution >= 4 is 11.6 Å². The quantitative estimate of drug-likeness (QED) is 0.547. The van der Waals surface area contributed by atoms with E-state index in [-0.39, 0.29) is 5.38 Å². The van der Waals surface area contributed by atoms with Crippen LogP contribution in [0.4, 0.5) is 0 Å². The van der Waals surface area contributed by atoms with E-state index in [1.165, 1.54) is 17.5 Å². The summed E-state index contributed by atoms with van der Waals surface area (Å²) in [6.45, 7) is 4.60. The molecular formula is C12H15Cl. The van der Waals surface area contributed by atoms with Crippen molar-refractivity contribution < 1.29 is 0 Å². The molecule has 0 amide bonds. The summed E-state index contributed by atoms with van der Waals surface area (Å²) < 4.78 is 0. The smallest absolute Gasteiger partial charge is 0.0588 e. The zero-order valence-electron chi connectivity index (χ0n) is 8.18. The molecule has 70 valence electrons. The van der Waals surface area contributed by atoms with E-state index in [2.05, 4.69) is 38.1 Å². The number of alkyl halides is 1. The molecule has 0 aliphatic heterocycles. The molecule has 0 heterocycles. The lowest BCUT2D eigenvalue weighted by Gasteiger charge is -2.34. The molecule has 0 saturated carbocycles. The molecule has 0 saturated heterocycles. The van der Waals surface area contributed by atoms with Crippen LogP contribution in [-0.4, -0.2) is 0 Å². The molecule has 1 aromatic carbocycles. The fraction of sp³-hybridized carbons (Fsp3) is 0.500. The number of fused-ring (bicyclic) bond motifs is 1. The predicted octanol–water partition coefficient (Wildman–Crippen LogP) is 4.04. The van der Waals surface area contributed by atoms with Gasteiger partial charge in [-0.3, -0.25) is 0 Å². The molecule has 2 rings (SSSR count). The normalized spacial score (nSPS) is 25.3. The van der Waals surface area contributed by atoms with Gasteiger partial charge < -0.3 is 0 Å². The van der Waals surface area contributed by atoms with Crippen molar-refractivity contribution in [2.24, 2.45) is 0 Å². The maximum atomic E-state index is 6.27. The fourth-order valence-electron chi connectivity index (χ4n) is 2.16. The lowest BCUT2D eigenvalue weighted by molar-refractivity contribution is 0.426. The lowest BCUT2D eigenvalue weighted by Crippen LogP contribution is -2.24.